The third kappa shape index (κ3) is 6.82. The Bertz CT molecular complexity index is 689. The predicted molar refractivity (Wildman–Crippen MR) is 130 cm³/mol. The number of unbranched alkanes of at least 4 members (excludes halogenated alkanes) is 4. The first-order valence-electron chi connectivity index (χ1n) is 12.4. The van der Waals surface area contributed by atoms with Gasteiger partial charge in [0.2, 0.25) is 0 Å². The Balaban J connectivity index is 2.46. The fraction of sp³-hybridized carbons (Fsp3) is 0.643. The fourth-order valence-corrected chi connectivity index (χ4v) is 4.40. The summed E-state index contributed by atoms with van der Waals surface area (Å²) in [6, 6.07) is 6.86. The molecule has 0 aliphatic heterocycles. The van der Waals surface area contributed by atoms with Crippen molar-refractivity contribution in [3.8, 4) is 0 Å². The van der Waals surface area contributed by atoms with Gasteiger partial charge in [-0.25, -0.2) is 0 Å². The Labute approximate surface area is 185 Å². The molecule has 1 aromatic rings. The molecular weight excluding hydrogens is 368 g/mol. The van der Waals surface area contributed by atoms with Crippen LogP contribution in [0.2, 0.25) is 0 Å². The van der Waals surface area contributed by atoms with Crippen LogP contribution >= 0.6 is 0 Å². The van der Waals surface area contributed by atoms with Crippen molar-refractivity contribution in [2.75, 3.05) is 0 Å². The number of aliphatic hydroxyl groups excluding tert-OH is 1. The van der Waals surface area contributed by atoms with E-state index in [1.54, 1.807) is 0 Å². The first kappa shape index (κ1) is 24.9. The maximum atomic E-state index is 11.4. The standard InChI is InChI=1S/C28H44O2/c1-5-9-13-22-17-23(14-10-6-2)19-25(18-22)26-20-24(15-11-7-3)21-28(30,27(26)29)16-12-8-4/h17-21,27,29-30H,5-16H2,1-4H3. The van der Waals surface area contributed by atoms with Gasteiger partial charge in [-0.3, -0.25) is 0 Å². The Morgan fingerprint density at radius 1 is 0.767 bits per heavy atom. The van der Waals surface area contributed by atoms with E-state index in [1.807, 2.05) is 6.08 Å². The van der Waals surface area contributed by atoms with Gasteiger partial charge in [0, 0.05) is 0 Å². The number of allylic oxidation sites excluding steroid dienone is 2. The summed E-state index contributed by atoms with van der Waals surface area (Å²) in [5, 5.41) is 22.7. The van der Waals surface area contributed by atoms with Crippen LogP contribution in [0.3, 0.4) is 0 Å². The van der Waals surface area contributed by atoms with Crippen LogP contribution in [-0.2, 0) is 12.8 Å². The summed E-state index contributed by atoms with van der Waals surface area (Å²) in [4.78, 5) is 0. The maximum absolute atomic E-state index is 11.4. The van der Waals surface area contributed by atoms with Gasteiger partial charge in [-0.15, -0.1) is 0 Å². The summed E-state index contributed by atoms with van der Waals surface area (Å²) in [7, 11) is 0. The van der Waals surface area contributed by atoms with Gasteiger partial charge < -0.3 is 10.2 Å². The van der Waals surface area contributed by atoms with Crippen LogP contribution in [0.1, 0.15) is 109 Å². The zero-order chi connectivity index (χ0) is 22.0. The Kier molecular flexibility index (Phi) is 10.3. The van der Waals surface area contributed by atoms with E-state index in [9.17, 15) is 10.2 Å². The van der Waals surface area contributed by atoms with E-state index >= 15 is 0 Å². The topological polar surface area (TPSA) is 40.5 Å². The number of hydrogen-bond acceptors (Lipinski definition) is 2. The lowest BCUT2D eigenvalue weighted by molar-refractivity contribution is -0.0181. The molecule has 2 N–H and O–H groups in total. The van der Waals surface area contributed by atoms with E-state index in [4.69, 9.17) is 0 Å². The molecule has 1 aliphatic carbocycles. The molecule has 0 bridgehead atoms. The summed E-state index contributed by atoms with van der Waals surface area (Å²) < 4.78 is 0. The second kappa shape index (κ2) is 12.5. The lowest BCUT2D eigenvalue weighted by Gasteiger charge is -2.36. The molecule has 0 amide bonds. The van der Waals surface area contributed by atoms with E-state index in [-0.39, 0.29) is 0 Å². The number of aryl methyl sites for hydroxylation is 2. The van der Waals surface area contributed by atoms with Crippen molar-refractivity contribution in [3.63, 3.8) is 0 Å². The maximum Gasteiger partial charge on any atom is 0.113 e. The van der Waals surface area contributed by atoms with Gasteiger partial charge in [0.25, 0.3) is 0 Å². The third-order valence-corrected chi connectivity index (χ3v) is 6.32. The van der Waals surface area contributed by atoms with Gasteiger partial charge in [0.1, 0.15) is 11.7 Å². The normalized spacial score (nSPS) is 21.5. The fourth-order valence-electron chi connectivity index (χ4n) is 4.40. The quantitative estimate of drug-likeness (QED) is 0.360. The van der Waals surface area contributed by atoms with Crippen molar-refractivity contribution in [3.05, 3.63) is 52.6 Å². The molecule has 0 saturated heterocycles. The SMILES string of the molecule is CCCCC1=CC(O)(CCCC)C(O)C(c2cc(CCCC)cc(CCCC)c2)=C1. The second-order valence-electron chi connectivity index (χ2n) is 9.17. The van der Waals surface area contributed by atoms with Crippen LogP contribution in [0.15, 0.2) is 35.9 Å². The smallest absolute Gasteiger partial charge is 0.113 e. The van der Waals surface area contributed by atoms with Crippen LogP contribution < -0.4 is 0 Å². The average Bonchev–Trinajstić information content (AvgIpc) is 2.75. The van der Waals surface area contributed by atoms with Crippen molar-refractivity contribution in [2.45, 2.75) is 116 Å². The lowest BCUT2D eigenvalue weighted by Crippen LogP contribution is -2.43. The third-order valence-electron chi connectivity index (χ3n) is 6.32. The number of benzene rings is 1. The zero-order valence-electron chi connectivity index (χ0n) is 19.8. The molecule has 1 aromatic carbocycles. The van der Waals surface area contributed by atoms with E-state index in [0.717, 1.165) is 56.1 Å². The molecule has 2 unspecified atom stereocenters. The molecule has 0 heterocycles. The van der Waals surface area contributed by atoms with Gasteiger partial charge in [-0.1, -0.05) is 84.1 Å². The van der Waals surface area contributed by atoms with Gasteiger partial charge in [-0.2, -0.15) is 0 Å². The van der Waals surface area contributed by atoms with E-state index in [0.29, 0.717) is 6.42 Å². The van der Waals surface area contributed by atoms with Gasteiger partial charge in [0.15, 0.2) is 0 Å². The van der Waals surface area contributed by atoms with Gasteiger partial charge in [0.05, 0.1) is 0 Å². The summed E-state index contributed by atoms with van der Waals surface area (Å²) in [6.45, 7) is 8.79. The lowest BCUT2D eigenvalue weighted by atomic mass is 9.77. The van der Waals surface area contributed by atoms with Gasteiger partial charge in [-0.05, 0) is 78.9 Å². The molecule has 2 heteroatoms. The van der Waals surface area contributed by atoms with Crippen molar-refractivity contribution in [2.24, 2.45) is 0 Å². The summed E-state index contributed by atoms with van der Waals surface area (Å²) in [5.74, 6) is 0. The summed E-state index contributed by atoms with van der Waals surface area (Å²) >= 11 is 0. The van der Waals surface area contributed by atoms with Crippen molar-refractivity contribution in [1.29, 1.82) is 0 Å². The average molecular weight is 413 g/mol. The minimum absolute atomic E-state index is 0.607. The van der Waals surface area contributed by atoms with Crippen LogP contribution in [0.25, 0.3) is 5.57 Å². The Morgan fingerprint density at radius 2 is 1.30 bits per heavy atom. The molecule has 0 spiro atoms. The van der Waals surface area contributed by atoms with Crippen LogP contribution in [0, 0.1) is 0 Å². The molecule has 1 aliphatic rings. The molecule has 2 rings (SSSR count). The molecule has 0 fully saturated rings. The van der Waals surface area contributed by atoms with Crippen LogP contribution in [0.4, 0.5) is 0 Å². The van der Waals surface area contributed by atoms with Crippen LogP contribution in [-0.4, -0.2) is 21.9 Å². The molecular formula is C28H44O2. The highest BCUT2D eigenvalue weighted by Crippen LogP contribution is 2.38. The molecule has 0 aromatic heterocycles. The number of aliphatic hydroxyl groups is 2. The molecule has 0 saturated carbocycles. The highest BCUT2D eigenvalue weighted by atomic mass is 16.3. The zero-order valence-corrected chi connectivity index (χ0v) is 19.8. The molecule has 2 nitrogen and oxygen atoms in total. The largest absolute Gasteiger partial charge is 0.385 e. The first-order chi connectivity index (χ1) is 14.5. The molecule has 30 heavy (non-hydrogen) atoms. The van der Waals surface area contributed by atoms with E-state index in [2.05, 4.69) is 52.0 Å². The predicted octanol–water partition coefficient (Wildman–Crippen LogP) is 7.17. The van der Waals surface area contributed by atoms with Crippen LogP contribution in [0.5, 0.6) is 0 Å². The molecule has 168 valence electrons. The monoisotopic (exact) mass is 412 g/mol. The van der Waals surface area contributed by atoms with Gasteiger partial charge >= 0.3 is 0 Å². The minimum Gasteiger partial charge on any atom is -0.385 e. The minimum atomic E-state index is -1.16. The first-order valence-corrected chi connectivity index (χ1v) is 12.4. The molecule has 2 atom stereocenters. The van der Waals surface area contributed by atoms with Crippen molar-refractivity contribution >= 4 is 5.57 Å². The van der Waals surface area contributed by atoms with E-state index < -0.39 is 11.7 Å². The Morgan fingerprint density at radius 3 is 1.83 bits per heavy atom. The molecule has 0 radical (unpaired) electrons. The number of hydrogen-bond donors (Lipinski definition) is 2. The Hall–Kier alpha value is -1.38. The summed E-state index contributed by atoms with van der Waals surface area (Å²) in [6.07, 6.45) is 15.8. The van der Waals surface area contributed by atoms with Crippen molar-refractivity contribution < 1.29 is 10.2 Å². The number of rotatable bonds is 13. The highest BCUT2D eigenvalue weighted by Gasteiger charge is 2.38. The second-order valence-corrected chi connectivity index (χ2v) is 9.17. The van der Waals surface area contributed by atoms with E-state index in [1.165, 1.54) is 42.4 Å². The van der Waals surface area contributed by atoms with Crippen molar-refractivity contribution in [1.82, 2.24) is 0 Å². The highest BCUT2D eigenvalue weighted by molar-refractivity contribution is 5.75. The summed E-state index contributed by atoms with van der Waals surface area (Å²) in [5.41, 5.74) is 4.72.